The summed E-state index contributed by atoms with van der Waals surface area (Å²) in [7, 11) is 0. The lowest BCUT2D eigenvalue weighted by molar-refractivity contribution is -0.136. The maximum atomic E-state index is 12.4. The van der Waals surface area contributed by atoms with E-state index in [1.54, 1.807) is 0 Å². The first-order chi connectivity index (χ1) is 11.7. The van der Waals surface area contributed by atoms with Gasteiger partial charge in [0, 0.05) is 58.2 Å². The van der Waals surface area contributed by atoms with Crippen LogP contribution in [0.15, 0.2) is 24.5 Å². The third-order valence-electron chi connectivity index (χ3n) is 4.88. The fourth-order valence-corrected chi connectivity index (χ4v) is 3.56. The highest BCUT2D eigenvalue weighted by atomic mass is 35.5. The van der Waals surface area contributed by atoms with Gasteiger partial charge in [-0.05, 0) is 18.6 Å². The Morgan fingerprint density at radius 1 is 1.21 bits per heavy atom. The molecule has 0 spiro atoms. The first-order valence-electron chi connectivity index (χ1n) is 8.54. The third kappa shape index (κ3) is 3.27. The van der Waals surface area contributed by atoms with Crippen LogP contribution in [0, 0.1) is 5.92 Å². The second kappa shape index (κ2) is 6.70. The van der Waals surface area contributed by atoms with E-state index in [0.717, 1.165) is 63.6 Å². The molecule has 4 rings (SSSR count). The Balaban J connectivity index is 1.38. The molecule has 2 fully saturated rings. The van der Waals surface area contributed by atoms with Crippen LogP contribution in [0.3, 0.4) is 0 Å². The van der Waals surface area contributed by atoms with Gasteiger partial charge in [-0.1, -0.05) is 11.6 Å². The molecule has 2 aromatic heterocycles. The quantitative estimate of drug-likeness (QED) is 0.907. The highest BCUT2D eigenvalue weighted by Crippen LogP contribution is 2.15. The average molecular weight is 348 g/mol. The molecule has 0 unspecified atom stereocenters. The highest BCUT2D eigenvalue weighted by Gasteiger charge is 2.30. The number of hydrogen-bond donors (Lipinski definition) is 1. The second-order valence-electron chi connectivity index (χ2n) is 6.66. The number of imidazole rings is 1. The van der Waals surface area contributed by atoms with E-state index in [9.17, 15) is 4.79 Å². The molecule has 1 amide bonds. The zero-order valence-corrected chi connectivity index (χ0v) is 14.4. The molecule has 0 saturated carbocycles. The van der Waals surface area contributed by atoms with Crippen molar-refractivity contribution in [3.05, 3.63) is 35.2 Å². The number of amides is 1. The number of pyridine rings is 1. The van der Waals surface area contributed by atoms with E-state index in [4.69, 9.17) is 11.6 Å². The van der Waals surface area contributed by atoms with Gasteiger partial charge in [-0.25, -0.2) is 4.98 Å². The normalized spacial score (nSPS) is 20.1. The van der Waals surface area contributed by atoms with E-state index in [2.05, 4.69) is 15.2 Å². The number of halogens is 1. The standard InChI is InChI=1S/C17H22ClN5O/c18-14-2-3-16-20-15(12-23(16)10-14)11-21-4-1-5-22(7-6-21)17(24)13-8-19-9-13/h2-3,10,12-13,19H,1,4-9,11H2. The number of fused-ring (bicyclic) bond motifs is 1. The lowest BCUT2D eigenvalue weighted by Gasteiger charge is -2.31. The van der Waals surface area contributed by atoms with Crippen molar-refractivity contribution in [2.45, 2.75) is 13.0 Å². The molecule has 24 heavy (non-hydrogen) atoms. The SMILES string of the molecule is O=C(C1CNC1)N1CCCN(Cc2cn3cc(Cl)ccc3n2)CC1. The van der Waals surface area contributed by atoms with Gasteiger partial charge in [-0.2, -0.15) is 0 Å². The first kappa shape index (κ1) is 15.9. The molecule has 1 N–H and O–H groups in total. The smallest absolute Gasteiger partial charge is 0.228 e. The second-order valence-corrected chi connectivity index (χ2v) is 7.09. The Bertz CT molecular complexity index is 742. The van der Waals surface area contributed by atoms with Gasteiger partial charge in [0.15, 0.2) is 0 Å². The largest absolute Gasteiger partial charge is 0.341 e. The summed E-state index contributed by atoms with van der Waals surface area (Å²) in [5, 5.41) is 3.89. The van der Waals surface area contributed by atoms with Crippen molar-refractivity contribution in [1.29, 1.82) is 0 Å². The van der Waals surface area contributed by atoms with Crippen LogP contribution in [-0.4, -0.2) is 64.4 Å². The molecular weight excluding hydrogens is 326 g/mol. The predicted octanol–water partition coefficient (Wildman–Crippen LogP) is 1.24. The fraction of sp³-hybridized carbons (Fsp3) is 0.529. The van der Waals surface area contributed by atoms with Crippen LogP contribution in [0.4, 0.5) is 0 Å². The lowest BCUT2D eigenvalue weighted by atomic mass is 10.0. The van der Waals surface area contributed by atoms with Crippen LogP contribution >= 0.6 is 11.6 Å². The Kier molecular flexibility index (Phi) is 4.43. The summed E-state index contributed by atoms with van der Waals surface area (Å²) < 4.78 is 1.97. The molecule has 2 aromatic rings. The van der Waals surface area contributed by atoms with Gasteiger partial charge in [0.05, 0.1) is 16.6 Å². The molecule has 0 atom stereocenters. The zero-order chi connectivity index (χ0) is 16.5. The maximum absolute atomic E-state index is 12.4. The van der Waals surface area contributed by atoms with Crippen LogP contribution in [-0.2, 0) is 11.3 Å². The Morgan fingerprint density at radius 3 is 2.88 bits per heavy atom. The number of carbonyl (C=O) groups is 1. The summed E-state index contributed by atoms with van der Waals surface area (Å²) in [6, 6.07) is 3.79. The predicted molar refractivity (Wildman–Crippen MR) is 93.0 cm³/mol. The van der Waals surface area contributed by atoms with Crippen molar-refractivity contribution < 1.29 is 4.79 Å². The first-order valence-corrected chi connectivity index (χ1v) is 8.92. The Hall–Kier alpha value is -1.63. The van der Waals surface area contributed by atoms with E-state index in [1.165, 1.54) is 0 Å². The molecule has 0 radical (unpaired) electrons. The molecule has 7 heteroatoms. The van der Waals surface area contributed by atoms with E-state index in [-0.39, 0.29) is 5.92 Å². The van der Waals surface area contributed by atoms with Crippen molar-refractivity contribution in [1.82, 2.24) is 24.5 Å². The van der Waals surface area contributed by atoms with E-state index in [1.807, 2.05) is 33.8 Å². The zero-order valence-electron chi connectivity index (χ0n) is 13.6. The number of carbonyl (C=O) groups excluding carboxylic acids is 1. The van der Waals surface area contributed by atoms with Gasteiger partial charge >= 0.3 is 0 Å². The summed E-state index contributed by atoms with van der Waals surface area (Å²) in [6.45, 7) is 6.07. The van der Waals surface area contributed by atoms with Crippen LogP contribution in [0.25, 0.3) is 5.65 Å². The number of nitrogens with zero attached hydrogens (tertiary/aromatic N) is 4. The molecule has 2 aliphatic heterocycles. The molecule has 6 nitrogen and oxygen atoms in total. The van der Waals surface area contributed by atoms with Gasteiger partial charge < -0.3 is 14.6 Å². The monoisotopic (exact) mass is 347 g/mol. The molecule has 0 aromatic carbocycles. The third-order valence-corrected chi connectivity index (χ3v) is 5.10. The van der Waals surface area contributed by atoms with Crippen LogP contribution in [0.1, 0.15) is 12.1 Å². The van der Waals surface area contributed by atoms with E-state index < -0.39 is 0 Å². The van der Waals surface area contributed by atoms with Gasteiger partial charge in [-0.3, -0.25) is 9.69 Å². The molecule has 128 valence electrons. The summed E-state index contributed by atoms with van der Waals surface area (Å²) in [4.78, 5) is 21.5. The van der Waals surface area contributed by atoms with Crippen LogP contribution in [0.2, 0.25) is 5.02 Å². The number of rotatable bonds is 3. The minimum absolute atomic E-state index is 0.194. The number of nitrogens with one attached hydrogen (secondary N) is 1. The summed E-state index contributed by atoms with van der Waals surface area (Å²) in [5.74, 6) is 0.512. The van der Waals surface area contributed by atoms with Crippen LogP contribution in [0.5, 0.6) is 0 Å². The number of hydrogen-bond acceptors (Lipinski definition) is 4. The number of aromatic nitrogens is 2. The van der Waals surface area contributed by atoms with Crippen molar-refractivity contribution in [3.63, 3.8) is 0 Å². The summed E-state index contributed by atoms with van der Waals surface area (Å²) >= 11 is 6.03. The Labute approximate surface area is 146 Å². The maximum Gasteiger partial charge on any atom is 0.228 e. The van der Waals surface area contributed by atoms with Crippen molar-refractivity contribution in [2.75, 3.05) is 39.3 Å². The van der Waals surface area contributed by atoms with E-state index >= 15 is 0 Å². The van der Waals surface area contributed by atoms with Crippen molar-refractivity contribution in [2.24, 2.45) is 5.92 Å². The van der Waals surface area contributed by atoms with Gasteiger partial charge in [0.1, 0.15) is 5.65 Å². The summed E-state index contributed by atoms with van der Waals surface area (Å²) in [5.41, 5.74) is 1.96. The Morgan fingerprint density at radius 2 is 2.08 bits per heavy atom. The molecule has 0 aliphatic carbocycles. The van der Waals surface area contributed by atoms with Crippen molar-refractivity contribution >= 4 is 23.2 Å². The fourth-order valence-electron chi connectivity index (χ4n) is 3.39. The van der Waals surface area contributed by atoms with Gasteiger partial charge in [0.2, 0.25) is 5.91 Å². The molecule has 0 bridgehead atoms. The van der Waals surface area contributed by atoms with E-state index in [0.29, 0.717) is 10.9 Å². The van der Waals surface area contributed by atoms with Crippen LogP contribution < -0.4 is 5.32 Å². The molecular formula is C17H22ClN5O. The topological polar surface area (TPSA) is 52.9 Å². The minimum Gasteiger partial charge on any atom is -0.341 e. The van der Waals surface area contributed by atoms with Crippen molar-refractivity contribution in [3.8, 4) is 0 Å². The minimum atomic E-state index is 0.194. The molecule has 2 aliphatic rings. The van der Waals surface area contributed by atoms with Gasteiger partial charge in [0.25, 0.3) is 0 Å². The average Bonchev–Trinajstić information content (AvgIpc) is 2.73. The lowest BCUT2D eigenvalue weighted by Crippen LogP contribution is -2.52. The summed E-state index contributed by atoms with van der Waals surface area (Å²) in [6.07, 6.45) is 4.93. The molecule has 2 saturated heterocycles. The highest BCUT2D eigenvalue weighted by molar-refractivity contribution is 6.30. The van der Waals surface area contributed by atoms with Gasteiger partial charge in [-0.15, -0.1) is 0 Å². The molecule has 4 heterocycles.